The highest BCUT2D eigenvalue weighted by Gasteiger charge is 2.48. The van der Waals surface area contributed by atoms with Gasteiger partial charge in [0.25, 0.3) is 6.01 Å². The lowest BCUT2D eigenvalue weighted by Crippen LogP contribution is -2.34. The van der Waals surface area contributed by atoms with Crippen LogP contribution in [0.2, 0.25) is 5.02 Å². The molecule has 2 aromatic heterocycles. The second kappa shape index (κ2) is 9.49. The third-order valence-corrected chi connectivity index (χ3v) is 6.69. The van der Waals surface area contributed by atoms with Crippen LogP contribution >= 0.6 is 11.6 Å². The van der Waals surface area contributed by atoms with Crippen LogP contribution in [-0.4, -0.2) is 78.0 Å². The Bertz CT molecular complexity index is 1320. The van der Waals surface area contributed by atoms with E-state index in [-0.39, 0.29) is 37.8 Å². The van der Waals surface area contributed by atoms with E-state index in [2.05, 4.69) is 20.3 Å². The molecular formula is C24H24ClFN4O6. The van der Waals surface area contributed by atoms with Gasteiger partial charge in [-0.15, -0.1) is 0 Å². The maximum Gasteiger partial charge on any atom is 0.296 e. The molecule has 0 amide bonds. The summed E-state index contributed by atoms with van der Waals surface area (Å²) < 4.78 is 42.8. The second-order valence-electron chi connectivity index (χ2n) is 8.83. The predicted octanol–water partition coefficient (Wildman–Crippen LogP) is 2.86. The van der Waals surface area contributed by atoms with E-state index < -0.39 is 24.4 Å². The van der Waals surface area contributed by atoms with Gasteiger partial charge in [0.05, 0.1) is 42.0 Å². The first-order chi connectivity index (χ1) is 17.5. The third kappa shape index (κ3) is 4.27. The zero-order valence-electron chi connectivity index (χ0n) is 19.2. The Labute approximate surface area is 210 Å². The molecule has 0 radical (unpaired) electrons. The van der Waals surface area contributed by atoms with E-state index in [1.807, 2.05) is 0 Å². The fourth-order valence-electron chi connectivity index (χ4n) is 4.72. The molecule has 5 heterocycles. The number of aliphatic hydroxyl groups excluding tert-OH is 1. The number of nitrogens with one attached hydrogen (secondary N) is 2. The first kappa shape index (κ1) is 23.4. The number of nitrogens with zero attached hydrogens (tertiary/aromatic N) is 2. The molecular weight excluding hydrogens is 495 g/mol. The Morgan fingerprint density at radius 1 is 1.22 bits per heavy atom. The molecule has 3 aliphatic rings. The molecule has 1 unspecified atom stereocenters. The van der Waals surface area contributed by atoms with Gasteiger partial charge in [-0.2, -0.15) is 4.98 Å². The number of hydrogen-bond acceptors (Lipinski definition) is 9. The van der Waals surface area contributed by atoms with Gasteiger partial charge in [-0.05, 0) is 23.8 Å². The number of rotatable bonds is 7. The molecule has 12 heteroatoms. The van der Waals surface area contributed by atoms with Gasteiger partial charge in [0.15, 0.2) is 11.8 Å². The van der Waals surface area contributed by atoms with E-state index in [4.69, 9.17) is 35.3 Å². The highest BCUT2D eigenvalue weighted by molar-refractivity contribution is 6.33. The number of fused-ring (bicyclic) bond motifs is 3. The summed E-state index contributed by atoms with van der Waals surface area (Å²) in [6.45, 7) is 1.14. The lowest BCUT2D eigenvalue weighted by atomic mass is 10.0. The van der Waals surface area contributed by atoms with Crippen molar-refractivity contribution in [2.24, 2.45) is 0 Å². The minimum absolute atomic E-state index is 0.210. The molecule has 6 rings (SSSR count). The molecule has 2 fully saturated rings. The SMILES string of the molecule is COC/C=C/c1cc(F)c2c(c1)OCC2Nc1nc2nc(O[C@@H]3CO[C@H]4[C@@H]3OC[C@H]4O)[nH]c2cc1Cl. The van der Waals surface area contributed by atoms with E-state index in [0.717, 1.165) is 0 Å². The molecule has 1 aromatic carbocycles. The fourth-order valence-corrected chi connectivity index (χ4v) is 4.93. The molecule has 0 spiro atoms. The van der Waals surface area contributed by atoms with Crippen LogP contribution in [0.1, 0.15) is 17.2 Å². The van der Waals surface area contributed by atoms with Crippen LogP contribution in [0.25, 0.3) is 17.2 Å². The zero-order chi connectivity index (χ0) is 24.8. The van der Waals surface area contributed by atoms with E-state index in [1.54, 1.807) is 31.4 Å². The average molecular weight is 519 g/mol. The van der Waals surface area contributed by atoms with E-state index in [9.17, 15) is 9.50 Å². The van der Waals surface area contributed by atoms with Crippen molar-refractivity contribution in [3.63, 3.8) is 0 Å². The number of aliphatic hydroxyl groups is 1. The number of hydrogen-bond donors (Lipinski definition) is 3. The van der Waals surface area contributed by atoms with Gasteiger partial charge < -0.3 is 39.1 Å². The van der Waals surface area contributed by atoms with Gasteiger partial charge in [-0.3, -0.25) is 0 Å². The van der Waals surface area contributed by atoms with E-state index >= 15 is 0 Å². The van der Waals surface area contributed by atoms with Gasteiger partial charge in [-0.25, -0.2) is 9.37 Å². The number of aromatic amines is 1. The van der Waals surface area contributed by atoms with Crippen LogP contribution in [0, 0.1) is 5.82 Å². The van der Waals surface area contributed by atoms with E-state index in [1.165, 1.54) is 6.07 Å². The van der Waals surface area contributed by atoms with Crippen molar-refractivity contribution in [2.75, 3.05) is 38.9 Å². The number of imidazole rings is 1. The third-order valence-electron chi connectivity index (χ3n) is 6.40. The Morgan fingerprint density at radius 2 is 2.08 bits per heavy atom. The highest BCUT2D eigenvalue weighted by atomic mass is 35.5. The van der Waals surface area contributed by atoms with E-state index in [0.29, 0.717) is 45.5 Å². The van der Waals surface area contributed by atoms with Crippen LogP contribution < -0.4 is 14.8 Å². The minimum atomic E-state index is -0.665. The smallest absolute Gasteiger partial charge is 0.296 e. The van der Waals surface area contributed by atoms with Gasteiger partial charge in [0.1, 0.15) is 42.3 Å². The van der Waals surface area contributed by atoms with Gasteiger partial charge in [0.2, 0.25) is 0 Å². The number of aromatic nitrogens is 3. The minimum Gasteiger partial charge on any atom is -0.491 e. The summed E-state index contributed by atoms with van der Waals surface area (Å²) in [7, 11) is 1.59. The number of methoxy groups -OCH3 is 1. The topological polar surface area (TPSA) is 120 Å². The van der Waals surface area contributed by atoms with Crippen LogP contribution in [-0.2, 0) is 14.2 Å². The Morgan fingerprint density at radius 3 is 2.94 bits per heavy atom. The van der Waals surface area contributed by atoms with Crippen LogP contribution in [0.4, 0.5) is 10.2 Å². The molecule has 10 nitrogen and oxygen atoms in total. The Balaban J connectivity index is 1.20. The molecule has 3 aromatic rings. The summed E-state index contributed by atoms with van der Waals surface area (Å²) in [5.74, 6) is 0.427. The quantitative estimate of drug-likeness (QED) is 0.433. The molecule has 3 N–H and O–H groups in total. The number of benzene rings is 1. The molecule has 5 atom stereocenters. The largest absolute Gasteiger partial charge is 0.491 e. The Kier molecular flexibility index (Phi) is 6.18. The van der Waals surface area contributed by atoms with Gasteiger partial charge >= 0.3 is 0 Å². The van der Waals surface area contributed by atoms with Crippen molar-refractivity contribution >= 4 is 34.7 Å². The van der Waals surface area contributed by atoms with Crippen molar-refractivity contribution < 1.29 is 33.2 Å². The molecule has 2 saturated heterocycles. The number of H-pyrrole nitrogens is 1. The predicted molar refractivity (Wildman–Crippen MR) is 128 cm³/mol. The average Bonchev–Trinajstić information content (AvgIpc) is 3.61. The van der Waals surface area contributed by atoms with Gasteiger partial charge in [0, 0.05) is 7.11 Å². The van der Waals surface area contributed by atoms with Crippen LogP contribution in [0.15, 0.2) is 24.3 Å². The molecule has 36 heavy (non-hydrogen) atoms. The fraction of sp³-hybridized carbons (Fsp3) is 0.417. The summed E-state index contributed by atoms with van der Waals surface area (Å²) in [5, 5.41) is 13.4. The zero-order valence-corrected chi connectivity index (χ0v) is 20.0. The van der Waals surface area contributed by atoms with Crippen LogP contribution in [0.5, 0.6) is 11.8 Å². The summed E-state index contributed by atoms with van der Waals surface area (Å²) >= 11 is 6.48. The van der Waals surface area contributed by atoms with Crippen molar-refractivity contribution in [3.05, 3.63) is 46.2 Å². The number of ether oxygens (including phenoxy) is 5. The summed E-state index contributed by atoms with van der Waals surface area (Å²) in [6, 6.07) is 4.67. The van der Waals surface area contributed by atoms with Crippen molar-refractivity contribution in [3.8, 4) is 11.8 Å². The Hall–Kier alpha value is -2.96. The number of pyridine rings is 1. The standard InChI is InChI=1S/C24H24ClFN4O6/c1-32-4-2-3-11-5-13(26)19-15(8-33-17(19)6-11)27-22-12(25)7-14-23(29-22)30-24(28-14)36-18-10-35-20-16(31)9-34-21(18)20/h2-3,5-7,15-16,18,20-21,31H,4,8-10H2,1H3,(H2,27,28,29,30)/b3-2+/t15?,16-,18-,20-,21-/m1/s1. The maximum atomic E-state index is 15.0. The van der Waals surface area contributed by atoms with Crippen LogP contribution in [0.3, 0.4) is 0 Å². The second-order valence-corrected chi connectivity index (χ2v) is 9.24. The molecule has 190 valence electrons. The van der Waals surface area contributed by atoms with Crippen molar-refractivity contribution in [2.45, 2.75) is 30.5 Å². The van der Waals surface area contributed by atoms with Crippen molar-refractivity contribution in [1.29, 1.82) is 0 Å². The van der Waals surface area contributed by atoms with Gasteiger partial charge in [-0.1, -0.05) is 23.8 Å². The normalized spacial score (nSPS) is 26.9. The molecule has 0 bridgehead atoms. The molecule has 3 aliphatic heterocycles. The number of halogens is 2. The maximum absolute atomic E-state index is 15.0. The summed E-state index contributed by atoms with van der Waals surface area (Å²) in [4.78, 5) is 12.0. The molecule has 0 aliphatic carbocycles. The first-order valence-electron chi connectivity index (χ1n) is 11.5. The van der Waals surface area contributed by atoms with Crippen molar-refractivity contribution in [1.82, 2.24) is 15.0 Å². The lowest BCUT2D eigenvalue weighted by molar-refractivity contribution is 0.00706. The lowest BCUT2D eigenvalue weighted by Gasteiger charge is -2.15. The number of anilines is 1. The monoisotopic (exact) mass is 518 g/mol. The summed E-state index contributed by atoms with van der Waals surface area (Å²) in [6.07, 6.45) is 1.73. The molecule has 0 saturated carbocycles. The highest BCUT2D eigenvalue weighted by Crippen LogP contribution is 2.39. The first-order valence-corrected chi connectivity index (χ1v) is 11.9. The summed E-state index contributed by atoms with van der Waals surface area (Å²) in [5.41, 5.74) is 2.04.